The second kappa shape index (κ2) is 4.99. The van der Waals surface area contributed by atoms with E-state index in [1.54, 1.807) is 0 Å². The zero-order chi connectivity index (χ0) is 12.5. The van der Waals surface area contributed by atoms with Crippen LogP contribution in [0.1, 0.15) is 0 Å². The number of hydrogen-bond donors (Lipinski definition) is 6. The zero-order valence-electron chi connectivity index (χ0n) is 8.04. The minimum absolute atomic E-state index is 0.701. The SMILES string of the molecule is O=PC(O)(O)C1C(O)C(O)OC(CO)C1O. The molecule has 0 spiro atoms. The quantitative estimate of drug-likeness (QED) is 0.231. The molecule has 0 radical (unpaired) electrons. The molecule has 0 aromatic rings. The van der Waals surface area contributed by atoms with E-state index in [4.69, 9.17) is 5.11 Å². The van der Waals surface area contributed by atoms with Crippen LogP contribution in [0.3, 0.4) is 0 Å². The van der Waals surface area contributed by atoms with Crippen LogP contribution in [0.4, 0.5) is 0 Å². The Morgan fingerprint density at radius 1 is 1.19 bits per heavy atom. The standard InChI is InChI=1S/C7H13O8P/c8-1-2-4(9)3(7(12,13)16-14)5(10)6(11)15-2/h2-6,8-13H,1H2. The van der Waals surface area contributed by atoms with E-state index in [-0.39, 0.29) is 0 Å². The fraction of sp³-hybridized carbons (Fsp3) is 1.00. The van der Waals surface area contributed by atoms with Gasteiger partial charge in [-0.3, -0.25) is 4.57 Å². The summed E-state index contributed by atoms with van der Waals surface area (Å²) in [6, 6.07) is 0. The van der Waals surface area contributed by atoms with Crippen LogP contribution in [0.15, 0.2) is 0 Å². The highest BCUT2D eigenvalue weighted by atomic mass is 31.1. The van der Waals surface area contributed by atoms with Gasteiger partial charge in [-0.25, -0.2) is 0 Å². The van der Waals surface area contributed by atoms with Crippen molar-refractivity contribution in [2.75, 3.05) is 6.61 Å². The Kier molecular flexibility index (Phi) is 4.33. The van der Waals surface area contributed by atoms with Crippen molar-refractivity contribution < 1.29 is 39.9 Å². The van der Waals surface area contributed by atoms with Gasteiger partial charge in [0.05, 0.1) is 18.6 Å². The van der Waals surface area contributed by atoms with Crippen LogP contribution in [-0.2, 0) is 9.30 Å². The lowest BCUT2D eigenvalue weighted by Gasteiger charge is -2.43. The Morgan fingerprint density at radius 3 is 2.19 bits per heavy atom. The lowest BCUT2D eigenvalue weighted by molar-refractivity contribution is -0.311. The molecule has 1 heterocycles. The molecule has 5 unspecified atom stereocenters. The van der Waals surface area contributed by atoms with Gasteiger partial charge in [0.1, 0.15) is 12.2 Å². The monoisotopic (exact) mass is 256 g/mol. The van der Waals surface area contributed by atoms with Crippen molar-refractivity contribution in [1.29, 1.82) is 0 Å². The molecule has 1 aliphatic heterocycles. The van der Waals surface area contributed by atoms with Crippen LogP contribution in [0.25, 0.3) is 0 Å². The Hall–Kier alpha value is -0.180. The van der Waals surface area contributed by atoms with Crippen molar-refractivity contribution in [2.45, 2.75) is 30.1 Å². The third kappa shape index (κ3) is 2.39. The maximum absolute atomic E-state index is 10.5. The summed E-state index contributed by atoms with van der Waals surface area (Å²) >= 11 is 0. The molecule has 1 rings (SSSR count). The smallest absolute Gasteiger partial charge is 0.254 e. The average molecular weight is 256 g/mol. The summed E-state index contributed by atoms with van der Waals surface area (Å²) in [7, 11) is -1.15. The van der Waals surface area contributed by atoms with Gasteiger partial charge in [-0.1, -0.05) is 0 Å². The molecule has 1 aliphatic rings. The average Bonchev–Trinajstić information content (AvgIpc) is 2.23. The molecule has 0 aromatic heterocycles. The topological polar surface area (TPSA) is 148 Å². The van der Waals surface area contributed by atoms with Crippen LogP contribution in [0, 0.1) is 5.92 Å². The minimum atomic E-state index is -2.92. The predicted molar refractivity (Wildman–Crippen MR) is 48.2 cm³/mol. The second-order valence-electron chi connectivity index (χ2n) is 3.53. The number of ether oxygens (including phenoxy) is 1. The highest BCUT2D eigenvalue weighted by molar-refractivity contribution is 7.25. The van der Waals surface area contributed by atoms with E-state index >= 15 is 0 Å². The lowest BCUT2D eigenvalue weighted by atomic mass is 9.88. The maximum Gasteiger partial charge on any atom is 0.254 e. The lowest BCUT2D eigenvalue weighted by Crippen LogP contribution is -2.61. The van der Waals surface area contributed by atoms with E-state index in [1.807, 2.05) is 0 Å². The van der Waals surface area contributed by atoms with Crippen LogP contribution in [0.5, 0.6) is 0 Å². The summed E-state index contributed by atoms with van der Waals surface area (Å²) in [5, 5.41) is 55.5. The summed E-state index contributed by atoms with van der Waals surface area (Å²) in [6.45, 7) is -0.701. The summed E-state index contributed by atoms with van der Waals surface area (Å²) in [5.41, 5.74) is -2.92. The van der Waals surface area contributed by atoms with Gasteiger partial charge in [-0.15, -0.1) is 0 Å². The van der Waals surface area contributed by atoms with Gasteiger partial charge in [0.2, 0.25) is 8.46 Å². The molecule has 6 N–H and O–H groups in total. The Balaban J connectivity index is 2.98. The van der Waals surface area contributed by atoms with Gasteiger partial charge in [-0.2, -0.15) is 0 Å². The van der Waals surface area contributed by atoms with Crippen molar-refractivity contribution in [1.82, 2.24) is 0 Å². The number of aliphatic hydroxyl groups excluding tert-OH is 4. The van der Waals surface area contributed by atoms with Crippen molar-refractivity contribution in [3.63, 3.8) is 0 Å². The van der Waals surface area contributed by atoms with Gasteiger partial charge in [0.25, 0.3) is 5.53 Å². The molecule has 0 bridgehead atoms. The third-order valence-corrected chi connectivity index (χ3v) is 3.05. The van der Waals surface area contributed by atoms with Crippen LogP contribution in [-0.4, -0.2) is 67.4 Å². The molecule has 0 aliphatic carbocycles. The highest BCUT2D eigenvalue weighted by Crippen LogP contribution is 2.37. The first-order valence-electron chi connectivity index (χ1n) is 4.45. The van der Waals surface area contributed by atoms with Crippen molar-refractivity contribution in [2.24, 2.45) is 5.92 Å². The molecular formula is C7H13O8P. The van der Waals surface area contributed by atoms with Gasteiger partial charge in [0.15, 0.2) is 6.29 Å². The van der Waals surface area contributed by atoms with Crippen LogP contribution >= 0.6 is 8.46 Å². The molecule has 16 heavy (non-hydrogen) atoms. The molecular weight excluding hydrogens is 243 g/mol. The normalized spacial score (nSPS) is 41.2. The van der Waals surface area contributed by atoms with Gasteiger partial charge in [-0.05, 0) is 0 Å². The van der Waals surface area contributed by atoms with Crippen LogP contribution in [0.2, 0.25) is 0 Å². The van der Waals surface area contributed by atoms with Crippen molar-refractivity contribution in [3.8, 4) is 0 Å². The minimum Gasteiger partial charge on any atom is -0.394 e. The highest BCUT2D eigenvalue weighted by Gasteiger charge is 2.54. The predicted octanol–water partition coefficient (Wildman–Crippen LogP) is -3.04. The van der Waals surface area contributed by atoms with E-state index in [2.05, 4.69) is 4.74 Å². The Bertz CT molecular complexity index is 259. The van der Waals surface area contributed by atoms with E-state index in [0.717, 1.165) is 0 Å². The van der Waals surface area contributed by atoms with Crippen LogP contribution < -0.4 is 0 Å². The molecule has 5 atom stereocenters. The van der Waals surface area contributed by atoms with Crippen molar-refractivity contribution >= 4 is 8.46 Å². The maximum atomic E-state index is 10.5. The number of hydrogen-bond acceptors (Lipinski definition) is 8. The van der Waals surface area contributed by atoms with E-state index < -0.39 is 51.1 Å². The van der Waals surface area contributed by atoms with Crippen molar-refractivity contribution in [3.05, 3.63) is 0 Å². The van der Waals surface area contributed by atoms with Gasteiger partial charge in [0, 0.05) is 0 Å². The fourth-order valence-corrected chi connectivity index (χ4v) is 2.05. The van der Waals surface area contributed by atoms with Gasteiger partial charge < -0.3 is 35.4 Å². The molecule has 9 heteroatoms. The number of aliphatic hydroxyl groups is 6. The molecule has 8 nitrogen and oxygen atoms in total. The molecule has 0 saturated carbocycles. The number of rotatable bonds is 3. The van der Waals surface area contributed by atoms with E-state index in [9.17, 15) is 30.1 Å². The third-order valence-electron chi connectivity index (χ3n) is 2.48. The Morgan fingerprint density at radius 2 is 1.75 bits per heavy atom. The van der Waals surface area contributed by atoms with E-state index in [1.165, 1.54) is 0 Å². The molecule has 1 fully saturated rings. The largest absolute Gasteiger partial charge is 0.394 e. The molecule has 0 aromatic carbocycles. The van der Waals surface area contributed by atoms with Gasteiger partial charge >= 0.3 is 0 Å². The summed E-state index contributed by atoms with van der Waals surface area (Å²) in [4.78, 5) is 0. The van der Waals surface area contributed by atoms with E-state index in [0.29, 0.717) is 0 Å². The second-order valence-corrected chi connectivity index (χ2v) is 4.37. The summed E-state index contributed by atoms with van der Waals surface area (Å²) in [5.74, 6) is -1.73. The first-order chi connectivity index (χ1) is 7.35. The fourth-order valence-electron chi connectivity index (χ4n) is 1.62. The first-order valence-corrected chi connectivity index (χ1v) is 5.26. The zero-order valence-corrected chi connectivity index (χ0v) is 8.94. The summed E-state index contributed by atoms with van der Waals surface area (Å²) in [6.07, 6.45) is -6.64. The molecule has 94 valence electrons. The summed E-state index contributed by atoms with van der Waals surface area (Å²) < 4.78 is 15.1. The molecule has 1 saturated heterocycles. The first kappa shape index (κ1) is 13.9. The Labute approximate surface area is 91.9 Å². The molecule has 0 amide bonds.